The molecule has 0 atom stereocenters. The first-order valence-electron chi connectivity index (χ1n) is 7.46. The van der Waals surface area contributed by atoms with E-state index in [0.717, 1.165) is 10.4 Å². The zero-order valence-corrected chi connectivity index (χ0v) is 16.2. The van der Waals surface area contributed by atoms with E-state index in [9.17, 15) is 9.18 Å². The van der Waals surface area contributed by atoms with E-state index in [1.54, 1.807) is 43.6 Å². The Morgan fingerprint density at radius 2 is 2.15 bits per heavy atom. The average molecular weight is 412 g/mol. The first-order valence-corrected chi connectivity index (χ1v) is 8.65. The van der Waals surface area contributed by atoms with E-state index in [1.165, 1.54) is 28.4 Å². The summed E-state index contributed by atoms with van der Waals surface area (Å²) in [4.78, 5) is 18.5. The molecule has 3 rings (SSSR count). The number of nitrogens with zero attached hydrogens (tertiary/aromatic N) is 2. The predicted octanol–water partition coefficient (Wildman–Crippen LogP) is 4.76. The second kappa shape index (κ2) is 8.49. The summed E-state index contributed by atoms with van der Waals surface area (Å²) >= 11 is 7.60. The number of rotatable bonds is 4. The van der Waals surface area contributed by atoms with Crippen LogP contribution in [0.4, 0.5) is 10.2 Å². The van der Waals surface area contributed by atoms with E-state index in [1.807, 2.05) is 0 Å². The standard InChI is InChI=1S/C18H15ClFN3OS.ClH/c1-23(16(24)8-6-11-5-7-15(21)22-9-11)10-14-17(19)12-3-2-4-13(20)18(12)25-14;/h2-9H,10H2,1H3,(H2,21,22);1H. The maximum Gasteiger partial charge on any atom is 0.246 e. The number of halogens is 3. The summed E-state index contributed by atoms with van der Waals surface area (Å²) < 4.78 is 14.4. The van der Waals surface area contributed by atoms with Crippen LogP contribution >= 0.6 is 35.3 Å². The molecule has 2 N–H and O–H groups in total. The van der Waals surface area contributed by atoms with E-state index < -0.39 is 0 Å². The number of anilines is 1. The summed E-state index contributed by atoms with van der Waals surface area (Å²) in [6.45, 7) is 0.306. The van der Waals surface area contributed by atoms with Crippen molar-refractivity contribution < 1.29 is 9.18 Å². The van der Waals surface area contributed by atoms with Crippen molar-refractivity contribution in [3.8, 4) is 0 Å². The number of likely N-dealkylation sites (N-methyl/N-ethyl adjacent to an activating group) is 1. The van der Waals surface area contributed by atoms with Gasteiger partial charge < -0.3 is 10.6 Å². The highest BCUT2D eigenvalue weighted by atomic mass is 35.5. The molecule has 0 aliphatic rings. The lowest BCUT2D eigenvalue weighted by atomic mass is 10.2. The van der Waals surface area contributed by atoms with Crippen LogP contribution in [0.2, 0.25) is 5.02 Å². The minimum absolute atomic E-state index is 0. The maximum absolute atomic E-state index is 13.9. The number of hydrogen-bond acceptors (Lipinski definition) is 4. The van der Waals surface area contributed by atoms with Gasteiger partial charge in [0.25, 0.3) is 0 Å². The summed E-state index contributed by atoms with van der Waals surface area (Å²) in [5.41, 5.74) is 6.30. The van der Waals surface area contributed by atoms with Crippen molar-refractivity contribution in [2.45, 2.75) is 6.54 Å². The summed E-state index contributed by atoms with van der Waals surface area (Å²) in [5.74, 6) is -0.0709. The van der Waals surface area contributed by atoms with Crippen molar-refractivity contribution in [1.82, 2.24) is 9.88 Å². The fourth-order valence-corrected chi connectivity index (χ4v) is 3.85. The van der Waals surface area contributed by atoms with Crippen LogP contribution in [-0.2, 0) is 11.3 Å². The Balaban J connectivity index is 0.00000243. The highest BCUT2D eigenvalue weighted by Crippen LogP contribution is 2.37. The molecule has 4 nitrogen and oxygen atoms in total. The van der Waals surface area contributed by atoms with E-state index in [0.29, 0.717) is 27.5 Å². The molecule has 8 heteroatoms. The Bertz CT molecular complexity index is 957. The monoisotopic (exact) mass is 411 g/mol. The van der Waals surface area contributed by atoms with E-state index in [-0.39, 0.29) is 24.1 Å². The molecule has 0 saturated heterocycles. The number of carbonyl (C=O) groups is 1. The molecule has 3 aromatic rings. The normalized spacial score (nSPS) is 10.9. The Hall–Kier alpha value is -2.15. The van der Waals surface area contributed by atoms with Gasteiger partial charge in [0.05, 0.1) is 16.3 Å². The number of thiophene rings is 1. The average Bonchev–Trinajstić information content (AvgIpc) is 2.92. The number of aromatic nitrogens is 1. The number of fused-ring (bicyclic) bond motifs is 1. The molecule has 0 saturated carbocycles. The topological polar surface area (TPSA) is 59.2 Å². The van der Waals surface area contributed by atoms with E-state index in [2.05, 4.69) is 4.98 Å². The van der Waals surface area contributed by atoms with Crippen LogP contribution in [0.5, 0.6) is 0 Å². The van der Waals surface area contributed by atoms with Crippen molar-refractivity contribution >= 4 is 63.2 Å². The molecule has 1 amide bonds. The van der Waals surface area contributed by atoms with Gasteiger partial charge in [-0.2, -0.15) is 0 Å². The van der Waals surface area contributed by atoms with Crippen LogP contribution in [0.1, 0.15) is 10.4 Å². The third kappa shape index (κ3) is 4.33. The zero-order valence-electron chi connectivity index (χ0n) is 13.8. The van der Waals surface area contributed by atoms with Crippen molar-refractivity contribution in [2.75, 3.05) is 12.8 Å². The van der Waals surface area contributed by atoms with Crippen LogP contribution in [-0.4, -0.2) is 22.8 Å². The molecule has 2 heterocycles. The van der Waals surface area contributed by atoms with Gasteiger partial charge in [-0.1, -0.05) is 23.7 Å². The third-order valence-corrected chi connectivity index (χ3v) is 5.40. The molecule has 0 aliphatic carbocycles. The molecule has 1 aromatic carbocycles. The summed E-state index contributed by atoms with van der Waals surface area (Å²) in [6, 6.07) is 8.24. The van der Waals surface area contributed by atoms with Crippen LogP contribution in [0.3, 0.4) is 0 Å². The Morgan fingerprint density at radius 1 is 1.38 bits per heavy atom. The Labute approximate surface area is 165 Å². The first-order chi connectivity index (χ1) is 12.0. The minimum atomic E-state index is -0.305. The lowest BCUT2D eigenvalue weighted by Crippen LogP contribution is -2.23. The van der Waals surface area contributed by atoms with Gasteiger partial charge in [-0.3, -0.25) is 4.79 Å². The molecular weight excluding hydrogens is 396 g/mol. The van der Waals surface area contributed by atoms with Crippen molar-refractivity contribution in [3.63, 3.8) is 0 Å². The fourth-order valence-electron chi connectivity index (χ4n) is 2.31. The highest BCUT2D eigenvalue weighted by molar-refractivity contribution is 7.19. The second-order valence-corrected chi connectivity index (χ2v) is 6.98. The fraction of sp³-hybridized carbons (Fsp3) is 0.111. The summed E-state index contributed by atoms with van der Waals surface area (Å²) in [6.07, 6.45) is 4.71. The molecule has 0 fully saturated rings. The minimum Gasteiger partial charge on any atom is -0.384 e. The van der Waals surface area contributed by atoms with Gasteiger partial charge in [0, 0.05) is 29.6 Å². The van der Waals surface area contributed by atoms with Gasteiger partial charge in [-0.05, 0) is 29.8 Å². The zero-order chi connectivity index (χ0) is 18.0. The molecule has 0 radical (unpaired) electrons. The quantitative estimate of drug-likeness (QED) is 0.629. The number of carbonyl (C=O) groups excluding carboxylic acids is 1. The number of pyridine rings is 1. The van der Waals surface area contributed by atoms with Gasteiger partial charge in [-0.15, -0.1) is 23.7 Å². The van der Waals surface area contributed by atoms with Crippen LogP contribution in [0, 0.1) is 5.82 Å². The number of hydrogen-bond donors (Lipinski definition) is 1. The second-order valence-electron chi connectivity index (χ2n) is 5.50. The highest BCUT2D eigenvalue weighted by Gasteiger charge is 2.16. The van der Waals surface area contributed by atoms with Crippen LogP contribution in [0.15, 0.2) is 42.6 Å². The van der Waals surface area contributed by atoms with Crippen LogP contribution in [0.25, 0.3) is 16.2 Å². The third-order valence-electron chi connectivity index (χ3n) is 3.66. The van der Waals surface area contributed by atoms with E-state index >= 15 is 0 Å². The summed E-state index contributed by atoms with van der Waals surface area (Å²) in [7, 11) is 1.67. The van der Waals surface area contributed by atoms with Crippen molar-refractivity contribution in [2.24, 2.45) is 0 Å². The van der Waals surface area contributed by atoms with Crippen LogP contribution < -0.4 is 5.73 Å². The van der Waals surface area contributed by atoms with Crippen molar-refractivity contribution in [1.29, 1.82) is 0 Å². The van der Waals surface area contributed by atoms with E-state index in [4.69, 9.17) is 17.3 Å². The van der Waals surface area contributed by atoms with Crippen molar-refractivity contribution in [3.05, 3.63) is 63.9 Å². The smallest absolute Gasteiger partial charge is 0.246 e. The van der Waals surface area contributed by atoms with Gasteiger partial charge in [-0.25, -0.2) is 9.37 Å². The number of amides is 1. The van der Waals surface area contributed by atoms with Gasteiger partial charge in [0.15, 0.2) is 0 Å². The number of nitrogen functional groups attached to an aromatic ring is 1. The summed E-state index contributed by atoms with van der Waals surface area (Å²) in [5, 5.41) is 1.16. The molecule has 0 bridgehead atoms. The maximum atomic E-state index is 13.9. The SMILES string of the molecule is CN(Cc1sc2c(F)cccc2c1Cl)C(=O)C=Cc1ccc(N)nc1.Cl. The van der Waals surface area contributed by atoms with Gasteiger partial charge >= 0.3 is 0 Å². The molecule has 0 unspecified atom stereocenters. The number of benzene rings is 1. The molecule has 0 spiro atoms. The molecule has 0 aliphatic heterocycles. The first kappa shape index (κ1) is 20.2. The van der Waals surface area contributed by atoms with Gasteiger partial charge in [0.2, 0.25) is 5.91 Å². The largest absolute Gasteiger partial charge is 0.384 e. The predicted molar refractivity (Wildman–Crippen MR) is 108 cm³/mol. The molecule has 2 aromatic heterocycles. The lowest BCUT2D eigenvalue weighted by Gasteiger charge is -2.14. The molecule has 136 valence electrons. The number of nitrogens with two attached hydrogens (primary N) is 1. The lowest BCUT2D eigenvalue weighted by molar-refractivity contribution is -0.125. The Morgan fingerprint density at radius 3 is 2.81 bits per heavy atom. The van der Waals surface area contributed by atoms with Gasteiger partial charge in [0.1, 0.15) is 11.6 Å². The Kier molecular flexibility index (Phi) is 6.58. The molecule has 26 heavy (non-hydrogen) atoms. The molecular formula is C18H16Cl2FN3OS.